The van der Waals surface area contributed by atoms with E-state index >= 15 is 0 Å². The van der Waals surface area contributed by atoms with Crippen molar-refractivity contribution in [1.82, 2.24) is 23.7 Å². The lowest BCUT2D eigenvalue weighted by Gasteiger charge is -2.32. The largest absolute Gasteiger partial charge is 0.337 e. The number of anilines is 1. The molecular formula is C30H30N6O3S. The Hall–Kier alpha value is -4.25. The molecule has 2 aromatic heterocycles. The quantitative estimate of drug-likeness (QED) is 0.312. The van der Waals surface area contributed by atoms with Crippen molar-refractivity contribution < 1.29 is 13.2 Å². The lowest BCUT2D eigenvalue weighted by molar-refractivity contribution is 0.102. The number of likely N-dealkylation sites (N-methyl/N-ethyl adjacent to an activating group) is 1. The summed E-state index contributed by atoms with van der Waals surface area (Å²) in [5, 5.41) is 2.96. The zero-order valence-corrected chi connectivity index (χ0v) is 22.9. The van der Waals surface area contributed by atoms with Crippen LogP contribution < -0.4 is 5.32 Å². The molecular weight excluding hydrogens is 524 g/mol. The van der Waals surface area contributed by atoms with Crippen LogP contribution in [0.3, 0.4) is 0 Å². The Morgan fingerprint density at radius 1 is 0.925 bits per heavy atom. The normalized spacial score (nSPS) is 14.9. The standard InChI is InChI=1S/C30H30N6O3S/c1-34-16-18-35(19-17-34)21-22-9-12-24(13-10-22)31-30(37)23-11-14-26-27(20-23)33-29(32-26)28-8-5-15-36(28)40(38,39)25-6-3-2-4-7-25/h2-15,20H,16-19,21H2,1H3,(H,31,37)(H,32,33). The summed E-state index contributed by atoms with van der Waals surface area (Å²) in [5.41, 5.74) is 4.08. The van der Waals surface area contributed by atoms with Gasteiger partial charge < -0.3 is 15.2 Å². The Morgan fingerprint density at radius 2 is 1.68 bits per heavy atom. The number of nitrogens with zero attached hydrogens (tertiary/aromatic N) is 4. The second-order valence-electron chi connectivity index (χ2n) is 10.1. The zero-order valence-electron chi connectivity index (χ0n) is 22.1. The van der Waals surface area contributed by atoms with E-state index < -0.39 is 10.0 Å². The fourth-order valence-corrected chi connectivity index (χ4v) is 6.26. The molecule has 0 radical (unpaired) electrons. The Morgan fingerprint density at radius 3 is 2.42 bits per heavy atom. The van der Waals surface area contributed by atoms with Gasteiger partial charge in [0.15, 0.2) is 5.82 Å². The number of amides is 1. The van der Waals surface area contributed by atoms with Gasteiger partial charge in [0, 0.05) is 50.2 Å². The molecule has 0 saturated carbocycles. The zero-order chi connectivity index (χ0) is 27.7. The van der Waals surface area contributed by atoms with Crippen molar-refractivity contribution in [1.29, 1.82) is 0 Å². The van der Waals surface area contributed by atoms with Crippen LogP contribution in [0.4, 0.5) is 5.69 Å². The predicted molar refractivity (Wildman–Crippen MR) is 156 cm³/mol. The summed E-state index contributed by atoms with van der Waals surface area (Å²) < 4.78 is 27.6. The summed E-state index contributed by atoms with van der Waals surface area (Å²) in [6.45, 7) is 5.17. The third-order valence-electron chi connectivity index (χ3n) is 7.21. The van der Waals surface area contributed by atoms with Gasteiger partial charge in [-0.3, -0.25) is 9.69 Å². The summed E-state index contributed by atoms with van der Waals surface area (Å²) in [5.74, 6) is 0.160. The minimum atomic E-state index is -3.79. The topological polar surface area (TPSA) is 103 Å². The SMILES string of the molecule is CN1CCN(Cc2ccc(NC(=O)c3ccc4nc(-c5cccn5S(=O)(=O)c5ccccc5)[nH]c4c3)cc2)CC1. The van der Waals surface area contributed by atoms with Gasteiger partial charge in [-0.15, -0.1) is 0 Å². The first-order valence-electron chi connectivity index (χ1n) is 13.2. The van der Waals surface area contributed by atoms with Crippen LogP contribution in [0.5, 0.6) is 0 Å². The Bertz CT molecular complexity index is 1750. The molecule has 3 heterocycles. The van der Waals surface area contributed by atoms with E-state index in [2.05, 4.69) is 44.3 Å². The van der Waals surface area contributed by atoms with Crippen molar-refractivity contribution in [3.05, 3.63) is 102 Å². The van der Waals surface area contributed by atoms with Crippen molar-refractivity contribution in [2.45, 2.75) is 11.4 Å². The molecule has 40 heavy (non-hydrogen) atoms. The number of carbonyl (C=O) groups excluding carboxylic acids is 1. The molecule has 3 aromatic carbocycles. The lowest BCUT2D eigenvalue weighted by atomic mass is 10.1. The number of fused-ring (bicyclic) bond motifs is 1. The minimum absolute atomic E-state index is 0.190. The van der Waals surface area contributed by atoms with Crippen LogP contribution >= 0.6 is 0 Å². The summed E-state index contributed by atoms with van der Waals surface area (Å²) in [4.78, 5) is 25.8. The molecule has 0 spiro atoms. The van der Waals surface area contributed by atoms with Gasteiger partial charge in [-0.2, -0.15) is 0 Å². The highest BCUT2D eigenvalue weighted by Crippen LogP contribution is 2.26. The third kappa shape index (κ3) is 5.29. The van der Waals surface area contributed by atoms with E-state index in [1.807, 2.05) is 12.1 Å². The van der Waals surface area contributed by atoms with E-state index in [0.29, 0.717) is 28.1 Å². The number of hydrogen-bond donors (Lipinski definition) is 2. The van der Waals surface area contributed by atoms with Gasteiger partial charge in [0.1, 0.15) is 0 Å². The molecule has 1 fully saturated rings. The smallest absolute Gasteiger partial charge is 0.268 e. The van der Waals surface area contributed by atoms with E-state index in [9.17, 15) is 13.2 Å². The molecule has 6 rings (SSSR count). The summed E-state index contributed by atoms with van der Waals surface area (Å²) >= 11 is 0. The Balaban J connectivity index is 1.17. The van der Waals surface area contributed by atoms with E-state index in [4.69, 9.17) is 0 Å². The molecule has 0 aliphatic carbocycles. The molecule has 1 saturated heterocycles. The van der Waals surface area contributed by atoms with Crippen LogP contribution in [-0.4, -0.2) is 71.3 Å². The highest BCUT2D eigenvalue weighted by atomic mass is 32.2. The summed E-state index contributed by atoms with van der Waals surface area (Å²) in [6.07, 6.45) is 1.50. The maximum Gasteiger partial charge on any atom is 0.268 e. The summed E-state index contributed by atoms with van der Waals surface area (Å²) in [7, 11) is -1.65. The second-order valence-corrected chi connectivity index (χ2v) is 11.9. The minimum Gasteiger partial charge on any atom is -0.337 e. The van der Waals surface area contributed by atoms with Crippen LogP contribution in [0.15, 0.2) is 96.0 Å². The highest BCUT2D eigenvalue weighted by molar-refractivity contribution is 7.90. The van der Waals surface area contributed by atoms with Gasteiger partial charge in [0.25, 0.3) is 15.9 Å². The van der Waals surface area contributed by atoms with Gasteiger partial charge in [0.05, 0.1) is 21.6 Å². The van der Waals surface area contributed by atoms with Crippen molar-refractivity contribution in [3.8, 4) is 11.5 Å². The van der Waals surface area contributed by atoms with E-state index in [0.717, 1.165) is 38.4 Å². The van der Waals surface area contributed by atoms with Crippen molar-refractivity contribution in [2.75, 3.05) is 38.5 Å². The fourth-order valence-electron chi connectivity index (χ4n) is 4.90. The molecule has 2 N–H and O–H groups in total. The van der Waals surface area contributed by atoms with Crippen LogP contribution in [-0.2, 0) is 16.6 Å². The molecule has 0 bridgehead atoms. The van der Waals surface area contributed by atoms with Gasteiger partial charge in [-0.25, -0.2) is 17.4 Å². The van der Waals surface area contributed by atoms with Crippen LogP contribution in [0, 0.1) is 0 Å². The third-order valence-corrected chi connectivity index (χ3v) is 8.92. The maximum atomic E-state index is 13.2. The van der Waals surface area contributed by atoms with Crippen LogP contribution in [0.2, 0.25) is 0 Å². The number of piperazine rings is 1. The average molecular weight is 555 g/mol. The summed E-state index contributed by atoms with van der Waals surface area (Å²) in [6, 6.07) is 24.8. The Kier molecular flexibility index (Phi) is 6.97. The number of aromatic nitrogens is 3. The van der Waals surface area contributed by atoms with Gasteiger partial charge in [-0.1, -0.05) is 30.3 Å². The predicted octanol–water partition coefficient (Wildman–Crippen LogP) is 4.27. The first-order chi connectivity index (χ1) is 19.4. The molecule has 9 nitrogen and oxygen atoms in total. The number of carbonyl (C=O) groups is 1. The molecule has 1 amide bonds. The maximum absolute atomic E-state index is 13.2. The van der Waals surface area contributed by atoms with E-state index in [1.54, 1.807) is 60.7 Å². The molecule has 1 aliphatic rings. The molecule has 204 valence electrons. The first kappa shape index (κ1) is 26.0. The molecule has 10 heteroatoms. The number of imidazole rings is 1. The van der Waals surface area contributed by atoms with Crippen LogP contribution in [0.25, 0.3) is 22.6 Å². The highest BCUT2D eigenvalue weighted by Gasteiger charge is 2.22. The van der Waals surface area contributed by atoms with Gasteiger partial charge >= 0.3 is 0 Å². The van der Waals surface area contributed by atoms with Crippen molar-refractivity contribution in [2.24, 2.45) is 0 Å². The van der Waals surface area contributed by atoms with Gasteiger partial charge in [0.2, 0.25) is 0 Å². The molecule has 0 atom stereocenters. The number of benzene rings is 3. The van der Waals surface area contributed by atoms with E-state index in [-0.39, 0.29) is 10.8 Å². The number of aromatic amines is 1. The fraction of sp³-hybridized carbons (Fsp3) is 0.200. The number of rotatable bonds is 7. The van der Waals surface area contributed by atoms with Crippen molar-refractivity contribution in [3.63, 3.8) is 0 Å². The Labute approximate surface area is 233 Å². The van der Waals surface area contributed by atoms with E-state index in [1.165, 1.54) is 15.7 Å². The molecule has 1 aliphatic heterocycles. The molecule has 0 unspecified atom stereocenters. The monoisotopic (exact) mass is 554 g/mol. The average Bonchev–Trinajstić information content (AvgIpc) is 3.63. The van der Waals surface area contributed by atoms with Crippen LogP contribution in [0.1, 0.15) is 15.9 Å². The second kappa shape index (κ2) is 10.7. The number of nitrogens with one attached hydrogen (secondary N) is 2. The number of hydrogen-bond acceptors (Lipinski definition) is 6. The van der Waals surface area contributed by atoms with Gasteiger partial charge in [-0.05, 0) is 67.2 Å². The molecule has 5 aromatic rings. The number of H-pyrrole nitrogens is 1. The van der Waals surface area contributed by atoms with Crippen molar-refractivity contribution >= 4 is 32.7 Å². The lowest BCUT2D eigenvalue weighted by Crippen LogP contribution is -2.43. The first-order valence-corrected chi connectivity index (χ1v) is 14.6.